The summed E-state index contributed by atoms with van der Waals surface area (Å²) < 4.78 is 35.5. The molecule has 2 aromatic rings. The predicted molar refractivity (Wildman–Crippen MR) is 209 cm³/mol. The minimum Gasteiger partial charge on any atom is -0.471 e. The lowest BCUT2D eigenvalue weighted by Crippen LogP contribution is -2.62. The quantitative estimate of drug-likeness (QED) is 0.339. The molecule has 0 unspecified atom stereocenters. The lowest BCUT2D eigenvalue weighted by Gasteiger charge is -2.43. The van der Waals surface area contributed by atoms with Crippen molar-refractivity contribution in [3.8, 4) is 5.88 Å². The molecule has 16 heteroatoms. The van der Waals surface area contributed by atoms with Gasteiger partial charge < -0.3 is 20.1 Å². The Labute approximate surface area is 328 Å². The number of hydrogen-bond acceptors (Lipinski definition) is 9. The highest BCUT2D eigenvalue weighted by Crippen LogP contribution is 2.48. The summed E-state index contributed by atoms with van der Waals surface area (Å²) in [4.78, 5) is 72.5. The van der Waals surface area contributed by atoms with Crippen molar-refractivity contribution in [2.45, 2.75) is 140 Å². The number of hydrogen-bond donors (Lipinski definition) is 3. The van der Waals surface area contributed by atoms with Crippen LogP contribution in [0, 0.1) is 17.8 Å². The third-order valence-corrected chi connectivity index (χ3v) is 14.1. The van der Waals surface area contributed by atoms with Gasteiger partial charge in [0.05, 0.1) is 28.1 Å². The molecule has 1 saturated heterocycles. The Kier molecular flexibility index (Phi) is 10.9. The number of carboxylic acid groups (broad SMARTS) is 1. The first-order chi connectivity index (χ1) is 26.1. The van der Waals surface area contributed by atoms with Crippen LogP contribution >= 0.6 is 0 Å². The van der Waals surface area contributed by atoms with E-state index in [1.54, 1.807) is 52.0 Å². The van der Waals surface area contributed by atoms with Crippen LogP contribution in [0.5, 0.6) is 5.88 Å². The van der Waals surface area contributed by atoms with Gasteiger partial charge in [0.25, 0.3) is 11.5 Å². The van der Waals surface area contributed by atoms with E-state index in [4.69, 9.17) is 4.74 Å². The number of amides is 4. The van der Waals surface area contributed by atoms with Crippen LogP contribution in [-0.4, -0.2) is 97.5 Å². The van der Waals surface area contributed by atoms with Crippen LogP contribution in [-0.2, 0) is 24.4 Å². The predicted octanol–water partition coefficient (Wildman–Crippen LogP) is 4.36. The van der Waals surface area contributed by atoms with Crippen LogP contribution < -0.4 is 20.3 Å². The maximum atomic E-state index is 15.1. The van der Waals surface area contributed by atoms with Crippen molar-refractivity contribution in [1.82, 2.24) is 29.6 Å². The van der Waals surface area contributed by atoms with E-state index in [0.29, 0.717) is 36.5 Å². The Bertz CT molecular complexity index is 2110. The van der Waals surface area contributed by atoms with Crippen molar-refractivity contribution in [3.63, 3.8) is 0 Å². The highest BCUT2D eigenvalue weighted by molar-refractivity contribution is 7.91. The molecule has 1 aromatic heterocycles. The van der Waals surface area contributed by atoms with Gasteiger partial charge in [-0.3, -0.25) is 28.8 Å². The minimum atomic E-state index is -4.03. The molecule has 6 rings (SSSR count). The minimum absolute atomic E-state index is 0.0525. The van der Waals surface area contributed by atoms with E-state index in [9.17, 15) is 32.7 Å². The van der Waals surface area contributed by atoms with E-state index < -0.39 is 79.7 Å². The molecule has 306 valence electrons. The molecule has 3 fully saturated rings. The first-order valence-electron chi connectivity index (χ1n) is 19.7. The fraction of sp³-hybridized carbons (Fsp3) is 0.650. The molecule has 0 spiro atoms. The lowest BCUT2D eigenvalue weighted by molar-refractivity contribution is -0.146. The SMILES string of the molecule is CC(C)n1nc(O[C@@H]2C[C@H]3C(=O)N[C@]4(C(=O)NS(=O)(=O)C5(C)CC5)C[C@H]4C=CCC[C@@H](C)C[C@@H](C)[C@H](N(C(=O)O)C(C)(C)C)C(=O)N3C2)c2ccccc2c1=O. The molecular formula is C40H56N6O9S. The molecule has 2 aliphatic carbocycles. The smallest absolute Gasteiger partial charge is 0.408 e. The van der Waals surface area contributed by atoms with Gasteiger partial charge in [-0.25, -0.2) is 17.9 Å². The van der Waals surface area contributed by atoms with Crippen molar-refractivity contribution in [2.75, 3.05) is 6.54 Å². The molecule has 0 bridgehead atoms. The Morgan fingerprint density at radius 2 is 1.75 bits per heavy atom. The van der Waals surface area contributed by atoms with E-state index in [1.807, 2.05) is 39.8 Å². The van der Waals surface area contributed by atoms with E-state index in [-0.39, 0.29) is 42.8 Å². The van der Waals surface area contributed by atoms with Crippen LogP contribution in [0.1, 0.15) is 106 Å². The molecule has 7 atom stereocenters. The van der Waals surface area contributed by atoms with Gasteiger partial charge in [-0.15, -0.1) is 5.10 Å². The Morgan fingerprint density at radius 1 is 1.09 bits per heavy atom. The maximum Gasteiger partial charge on any atom is 0.408 e. The van der Waals surface area contributed by atoms with Gasteiger partial charge in [-0.1, -0.05) is 38.1 Å². The second-order valence-corrected chi connectivity index (χ2v) is 20.1. The molecule has 4 amide bonds. The third kappa shape index (κ3) is 7.77. The van der Waals surface area contributed by atoms with Crippen LogP contribution in [0.3, 0.4) is 0 Å². The van der Waals surface area contributed by atoms with Gasteiger partial charge in [-0.2, -0.15) is 0 Å². The second-order valence-electron chi connectivity index (χ2n) is 17.9. The first kappa shape index (κ1) is 41.2. The van der Waals surface area contributed by atoms with Crippen LogP contribution in [0.15, 0.2) is 41.2 Å². The molecule has 3 heterocycles. The van der Waals surface area contributed by atoms with E-state index in [2.05, 4.69) is 15.1 Å². The zero-order valence-corrected chi connectivity index (χ0v) is 34.4. The average Bonchev–Trinajstić information content (AvgIpc) is 3.98. The van der Waals surface area contributed by atoms with E-state index >= 15 is 4.79 Å². The van der Waals surface area contributed by atoms with Crippen LogP contribution in [0.2, 0.25) is 0 Å². The number of fused-ring (bicyclic) bond motifs is 3. The molecule has 15 nitrogen and oxygen atoms in total. The summed E-state index contributed by atoms with van der Waals surface area (Å²) in [5.41, 5.74) is -2.88. The number of aromatic nitrogens is 2. The van der Waals surface area contributed by atoms with Gasteiger partial charge in [-0.05, 0) is 104 Å². The fourth-order valence-corrected chi connectivity index (χ4v) is 9.65. The summed E-state index contributed by atoms with van der Waals surface area (Å²) in [7, 11) is -4.03. The van der Waals surface area contributed by atoms with Gasteiger partial charge in [0.2, 0.25) is 27.7 Å². The number of benzene rings is 1. The Balaban J connectivity index is 1.42. The third-order valence-electron chi connectivity index (χ3n) is 12.0. The van der Waals surface area contributed by atoms with Crippen molar-refractivity contribution < 1.29 is 37.4 Å². The van der Waals surface area contributed by atoms with Crippen molar-refractivity contribution >= 4 is 44.6 Å². The largest absolute Gasteiger partial charge is 0.471 e. The highest BCUT2D eigenvalue weighted by atomic mass is 32.2. The molecule has 56 heavy (non-hydrogen) atoms. The molecule has 1 aromatic carbocycles. The molecule has 2 saturated carbocycles. The number of sulfonamides is 1. The number of nitrogens with zero attached hydrogens (tertiary/aromatic N) is 4. The van der Waals surface area contributed by atoms with Crippen molar-refractivity contribution in [2.24, 2.45) is 17.8 Å². The average molecular weight is 797 g/mol. The standard InChI is InChI=1S/C40H56N6O9S/c1-23(2)46-34(48)29-16-12-11-15-28(29)33(42-46)55-27-20-30-32(47)41-40(36(50)43-56(53,54)39(8)17-18-39)21-26(40)14-10-9-13-24(3)19-25(4)31(35(49)44(30)22-27)45(37(51)52)38(5,6)7/h10-12,14-16,23-27,30-31H,9,13,17-22H2,1-8H3,(H,41,47)(H,43,50)(H,51,52)/t24-,25-,26-,27-,30+,31+,40-/m1/s1. The number of carbonyl (C=O) groups is 4. The summed E-state index contributed by atoms with van der Waals surface area (Å²) in [5, 5.41) is 18.9. The number of carbonyl (C=O) groups excluding carboxylic acids is 3. The normalized spacial score (nSPS) is 29.4. The second kappa shape index (κ2) is 14.8. The maximum absolute atomic E-state index is 15.1. The van der Waals surface area contributed by atoms with Gasteiger partial charge in [0, 0.05) is 17.9 Å². The van der Waals surface area contributed by atoms with Crippen LogP contribution in [0.25, 0.3) is 10.8 Å². The molecule has 0 radical (unpaired) electrons. The van der Waals surface area contributed by atoms with Crippen molar-refractivity contribution in [3.05, 3.63) is 46.8 Å². The highest BCUT2D eigenvalue weighted by Gasteiger charge is 2.63. The summed E-state index contributed by atoms with van der Waals surface area (Å²) in [5.74, 6) is -2.83. The van der Waals surface area contributed by atoms with Crippen LogP contribution in [0.4, 0.5) is 4.79 Å². The van der Waals surface area contributed by atoms with Gasteiger partial charge in [0.1, 0.15) is 23.7 Å². The Morgan fingerprint density at radius 3 is 2.36 bits per heavy atom. The summed E-state index contributed by atoms with van der Waals surface area (Å²) in [6.45, 7) is 14.1. The molecular weight excluding hydrogens is 741 g/mol. The van der Waals surface area contributed by atoms with E-state index in [1.165, 1.54) is 9.58 Å². The van der Waals surface area contributed by atoms with Gasteiger partial charge in [0.15, 0.2) is 0 Å². The first-order valence-corrected chi connectivity index (χ1v) is 21.1. The van der Waals surface area contributed by atoms with E-state index in [0.717, 1.165) is 11.3 Å². The fourth-order valence-electron chi connectivity index (χ4n) is 8.34. The molecule has 2 aliphatic heterocycles. The molecule has 3 N–H and O–H groups in total. The number of ether oxygens (including phenoxy) is 1. The number of allylic oxidation sites excluding steroid dienone is 1. The number of nitrogens with one attached hydrogen (secondary N) is 2. The summed E-state index contributed by atoms with van der Waals surface area (Å²) >= 11 is 0. The summed E-state index contributed by atoms with van der Waals surface area (Å²) in [6.07, 6.45) is 4.48. The van der Waals surface area contributed by atoms with Crippen molar-refractivity contribution in [1.29, 1.82) is 0 Å². The lowest BCUT2D eigenvalue weighted by atomic mass is 9.85. The number of rotatable bonds is 7. The van der Waals surface area contributed by atoms with Gasteiger partial charge >= 0.3 is 6.09 Å². The zero-order chi connectivity index (χ0) is 41.1. The summed E-state index contributed by atoms with van der Waals surface area (Å²) in [6, 6.07) is 4.16. The monoisotopic (exact) mass is 796 g/mol. The zero-order valence-electron chi connectivity index (χ0n) is 33.6. The molecule has 4 aliphatic rings. The Hall–Kier alpha value is -4.47. The topological polar surface area (TPSA) is 197 Å².